The van der Waals surface area contributed by atoms with Gasteiger partial charge in [0.2, 0.25) is 5.91 Å². The molecular formula is C14H24ClN3O2S. The Bertz CT molecular complexity index is 448. The molecule has 0 bridgehead atoms. The molecule has 0 aliphatic carbocycles. The summed E-state index contributed by atoms with van der Waals surface area (Å²) in [7, 11) is 0. The molecule has 0 spiro atoms. The third kappa shape index (κ3) is 4.63. The third-order valence-corrected chi connectivity index (χ3v) is 4.82. The Balaban J connectivity index is 0.00000220. The average molecular weight is 334 g/mol. The fourth-order valence-electron chi connectivity index (χ4n) is 2.61. The van der Waals surface area contributed by atoms with Crippen LogP contribution in [-0.4, -0.2) is 40.8 Å². The summed E-state index contributed by atoms with van der Waals surface area (Å²) < 4.78 is 5.13. The number of carbonyl (C=O) groups is 1. The van der Waals surface area contributed by atoms with Crippen LogP contribution in [0.5, 0.6) is 0 Å². The number of rotatable bonds is 5. The van der Waals surface area contributed by atoms with Crippen molar-refractivity contribution in [1.82, 2.24) is 10.1 Å². The summed E-state index contributed by atoms with van der Waals surface area (Å²) >= 11 is 1.62. The Morgan fingerprint density at radius 3 is 2.86 bits per heavy atom. The van der Waals surface area contributed by atoms with Crippen LogP contribution in [0.15, 0.2) is 4.52 Å². The van der Waals surface area contributed by atoms with Crippen LogP contribution < -0.4 is 5.73 Å². The number of aryl methyl sites for hydroxylation is 2. The first-order valence-electron chi connectivity index (χ1n) is 7.12. The number of amides is 1. The normalized spacial score (nSPS) is 18.4. The summed E-state index contributed by atoms with van der Waals surface area (Å²) in [5.41, 5.74) is 7.78. The zero-order chi connectivity index (χ0) is 14.5. The number of aromatic nitrogens is 1. The fraction of sp³-hybridized carbons (Fsp3) is 0.714. The molecule has 0 radical (unpaired) electrons. The number of thioether (sulfide) groups is 1. The third-order valence-electron chi connectivity index (χ3n) is 3.87. The van der Waals surface area contributed by atoms with Crippen molar-refractivity contribution in [2.45, 2.75) is 44.9 Å². The molecule has 7 heteroatoms. The Hall–Kier alpha value is -0.720. The van der Waals surface area contributed by atoms with Gasteiger partial charge in [0.1, 0.15) is 5.76 Å². The molecule has 0 aromatic carbocycles. The number of carbonyl (C=O) groups excluding carboxylic acids is 1. The van der Waals surface area contributed by atoms with Gasteiger partial charge in [-0.15, -0.1) is 24.2 Å². The van der Waals surface area contributed by atoms with Gasteiger partial charge in [-0.1, -0.05) is 5.16 Å². The van der Waals surface area contributed by atoms with E-state index in [2.05, 4.69) is 5.16 Å². The monoisotopic (exact) mass is 333 g/mol. The molecule has 1 unspecified atom stereocenters. The van der Waals surface area contributed by atoms with Gasteiger partial charge in [0.15, 0.2) is 0 Å². The second kappa shape index (κ2) is 8.66. The van der Waals surface area contributed by atoms with E-state index in [1.165, 1.54) is 6.42 Å². The quantitative estimate of drug-likeness (QED) is 0.895. The van der Waals surface area contributed by atoms with Crippen molar-refractivity contribution >= 4 is 30.1 Å². The number of halogens is 1. The van der Waals surface area contributed by atoms with Crippen LogP contribution in [0.3, 0.4) is 0 Å². The summed E-state index contributed by atoms with van der Waals surface area (Å²) in [5, 5.41) is 3.93. The lowest BCUT2D eigenvalue weighted by atomic mass is 10.0. The maximum atomic E-state index is 12.3. The molecule has 1 aliphatic heterocycles. The molecule has 2 N–H and O–H groups in total. The molecule has 1 fully saturated rings. The summed E-state index contributed by atoms with van der Waals surface area (Å²) in [4.78, 5) is 14.2. The van der Waals surface area contributed by atoms with Gasteiger partial charge in [-0.2, -0.15) is 0 Å². The van der Waals surface area contributed by atoms with Crippen LogP contribution in [0.4, 0.5) is 0 Å². The molecule has 1 amide bonds. The van der Waals surface area contributed by atoms with E-state index in [4.69, 9.17) is 10.3 Å². The van der Waals surface area contributed by atoms with E-state index in [1.807, 2.05) is 18.7 Å². The van der Waals surface area contributed by atoms with Crippen LogP contribution in [0.1, 0.15) is 36.3 Å². The van der Waals surface area contributed by atoms with Crippen molar-refractivity contribution in [1.29, 1.82) is 0 Å². The van der Waals surface area contributed by atoms with Gasteiger partial charge in [0.05, 0.1) is 11.4 Å². The second-order valence-electron chi connectivity index (χ2n) is 5.27. The van der Waals surface area contributed by atoms with Crippen molar-refractivity contribution in [3.8, 4) is 0 Å². The lowest BCUT2D eigenvalue weighted by Crippen LogP contribution is -2.48. The first-order valence-corrected chi connectivity index (χ1v) is 8.28. The minimum absolute atomic E-state index is 0. The van der Waals surface area contributed by atoms with Crippen molar-refractivity contribution in [3.05, 3.63) is 17.0 Å². The minimum atomic E-state index is 0. The summed E-state index contributed by atoms with van der Waals surface area (Å²) in [6.45, 7) is 5.27. The molecule has 2 rings (SSSR count). The molecule has 21 heavy (non-hydrogen) atoms. The first-order chi connectivity index (χ1) is 9.63. The van der Waals surface area contributed by atoms with Crippen LogP contribution in [-0.2, 0) is 10.5 Å². The van der Waals surface area contributed by atoms with E-state index in [0.717, 1.165) is 42.2 Å². The molecule has 1 atom stereocenters. The van der Waals surface area contributed by atoms with Crippen molar-refractivity contribution < 1.29 is 9.32 Å². The van der Waals surface area contributed by atoms with Crippen LogP contribution in [0.2, 0.25) is 0 Å². The summed E-state index contributed by atoms with van der Waals surface area (Å²) in [5.74, 6) is 2.33. The molecule has 2 heterocycles. The van der Waals surface area contributed by atoms with Crippen molar-refractivity contribution in [2.75, 3.05) is 18.8 Å². The van der Waals surface area contributed by atoms with Gasteiger partial charge in [0, 0.05) is 30.4 Å². The maximum absolute atomic E-state index is 12.3. The van der Waals surface area contributed by atoms with Gasteiger partial charge < -0.3 is 15.2 Å². The molecule has 5 nitrogen and oxygen atoms in total. The second-order valence-corrected chi connectivity index (χ2v) is 6.25. The van der Waals surface area contributed by atoms with Gasteiger partial charge in [-0.3, -0.25) is 4.79 Å². The van der Waals surface area contributed by atoms with Crippen LogP contribution in [0.25, 0.3) is 0 Å². The lowest BCUT2D eigenvalue weighted by Gasteiger charge is -2.35. The molecule has 0 saturated carbocycles. The Kier molecular flexibility index (Phi) is 7.56. The molecular weight excluding hydrogens is 310 g/mol. The van der Waals surface area contributed by atoms with Gasteiger partial charge in [-0.25, -0.2) is 0 Å². The maximum Gasteiger partial charge on any atom is 0.232 e. The number of piperidine rings is 1. The average Bonchev–Trinajstić information content (AvgIpc) is 2.78. The Labute approximate surface area is 136 Å². The highest BCUT2D eigenvalue weighted by atomic mass is 35.5. The minimum Gasteiger partial charge on any atom is -0.361 e. The highest BCUT2D eigenvalue weighted by molar-refractivity contribution is 7.99. The highest BCUT2D eigenvalue weighted by Gasteiger charge is 2.25. The summed E-state index contributed by atoms with van der Waals surface area (Å²) in [6.07, 6.45) is 3.31. The van der Waals surface area contributed by atoms with E-state index in [0.29, 0.717) is 12.3 Å². The number of hydrogen-bond acceptors (Lipinski definition) is 5. The SMILES string of the molecule is Cc1noc(C)c1CSCC(=O)N1CCCCC1CN.Cl. The Morgan fingerprint density at radius 2 is 2.24 bits per heavy atom. The predicted octanol–water partition coefficient (Wildman–Crippen LogP) is 2.29. The van der Waals surface area contributed by atoms with E-state index in [9.17, 15) is 4.79 Å². The lowest BCUT2D eigenvalue weighted by molar-refractivity contribution is -0.131. The van der Waals surface area contributed by atoms with Crippen LogP contribution in [0, 0.1) is 13.8 Å². The summed E-state index contributed by atoms with van der Waals surface area (Å²) in [6, 6.07) is 0.232. The predicted molar refractivity (Wildman–Crippen MR) is 87.8 cm³/mol. The molecule has 1 aromatic rings. The fourth-order valence-corrected chi connectivity index (χ4v) is 3.66. The van der Waals surface area contributed by atoms with E-state index in [-0.39, 0.29) is 24.4 Å². The molecule has 1 aromatic heterocycles. The number of likely N-dealkylation sites (tertiary alicyclic amines) is 1. The largest absolute Gasteiger partial charge is 0.361 e. The van der Waals surface area contributed by atoms with Gasteiger partial charge in [-0.05, 0) is 33.1 Å². The zero-order valence-corrected chi connectivity index (χ0v) is 14.3. The molecule has 1 saturated heterocycles. The number of nitrogens with two attached hydrogens (primary N) is 1. The number of hydrogen-bond donors (Lipinski definition) is 1. The topological polar surface area (TPSA) is 72.4 Å². The standard InChI is InChI=1S/C14H23N3O2S.ClH/c1-10-13(11(2)19-16-10)8-20-9-14(18)17-6-4-3-5-12(17)7-15;/h12H,3-9,15H2,1-2H3;1H. The van der Waals surface area contributed by atoms with Crippen molar-refractivity contribution in [2.24, 2.45) is 5.73 Å². The van der Waals surface area contributed by atoms with Gasteiger partial charge in [0.25, 0.3) is 0 Å². The van der Waals surface area contributed by atoms with E-state index in [1.54, 1.807) is 11.8 Å². The first kappa shape index (κ1) is 18.3. The molecule has 120 valence electrons. The molecule has 1 aliphatic rings. The Morgan fingerprint density at radius 1 is 1.48 bits per heavy atom. The smallest absolute Gasteiger partial charge is 0.232 e. The highest BCUT2D eigenvalue weighted by Crippen LogP contribution is 2.21. The van der Waals surface area contributed by atoms with E-state index >= 15 is 0 Å². The number of nitrogens with zero attached hydrogens (tertiary/aromatic N) is 2. The van der Waals surface area contributed by atoms with E-state index < -0.39 is 0 Å². The van der Waals surface area contributed by atoms with Crippen LogP contribution >= 0.6 is 24.2 Å². The van der Waals surface area contributed by atoms with Gasteiger partial charge >= 0.3 is 0 Å². The van der Waals surface area contributed by atoms with Crippen molar-refractivity contribution in [3.63, 3.8) is 0 Å². The zero-order valence-electron chi connectivity index (χ0n) is 12.6.